The monoisotopic (exact) mass is 335 g/mol. The molecule has 0 aromatic rings. The van der Waals surface area contributed by atoms with E-state index in [0.717, 1.165) is 31.6 Å². The van der Waals surface area contributed by atoms with Gasteiger partial charge in [0.05, 0.1) is 12.2 Å². The van der Waals surface area contributed by atoms with Crippen molar-refractivity contribution >= 4 is 0 Å². The summed E-state index contributed by atoms with van der Waals surface area (Å²) >= 11 is 0. The lowest BCUT2D eigenvalue weighted by atomic mass is 9.42. The van der Waals surface area contributed by atoms with E-state index in [1.54, 1.807) is 0 Å². The zero-order valence-corrected chi connectivity index (χ0v) is 15.8. The summed E-state index contributed by atoms with van der Waals surface area (Å²) < 4.78 is 0. The van der Waals surface area contributed by atoms with E-state index in [2.05, 4.69) is 13.8 Å². The summed E-state index contributed by atoms with van der Waals surface area (Å²) in [6, 6.07) is 0. The molecular weight excluding hydrogens is 298 g/mol. The molecule has 4 N–H and O–H groups in total. The minimum Gasteiger partial charge on any atom is -0.393 e. The Kier molecular flexibility index (Phi) is 3.92. The van der Waals surface area contributed by atoms with Crippen molar-refractivity contribution in [3.63, 3.8) is 0 Å². The number of rotatable bonds is 1. The molecule has 3 nitrogen and oxygen atoms in total. The van der Waals surface area contributed by atoms with Crippen LogP contribution < -0.4 is 5.73 Å². The van der Waals surface area contributed by atoms with E-state index in [1.807, 2.05) is 6.92 Å². The zero-order chi connectivity index (χ0) is 17.3. The molecule has 0 spiro atoms. The van der Waals surface area contributed by atoms with Gasteiger partial charge in [-0.2, -0.15) is 0 Å². The summed E-state index contributed by atoms with van der Waals surface area (Å²) in [7, 11) is 0. The van der Waals surface area contributed by atoms with Crippen LogP contribution in [0.4, 0.5) is 0 Å². The van der Waals surface area contributed by atoms with Crippen LogP contribution in [0.1, 0.15) is 78.6 Å². The number of aliphatic hydroxyl groups is 2. The van der Waals surface area contributed by atoms with Crippen molar-refractivity contribution in [2.45, 2.75) is 96.3 Å². The Labute approximate surface area is 147 Å². The molecule has 3 heteroatoms. The van der Waals surface area contributed by atoms with Gasteiger partial charge in [-0.1, -0.05) is 13.8 Å². The lowest BCUT2D eigenvalue weighted by molar-refractivity contribution is -0.141. The highest BCUT2D eigenvalue weighted by atomic mass is 16.3. The second-order valence-corrected chi connectivity index (χ2v) is 10.3. The Balaban J connectivity index is 1.66. The van der Waals surface area contributed by atoms with Crippen molar-refractivity contribution in [1.82, 2.24) is 0 Å². The van der Waals surface area contributed by atoms with Gasteiger partial charge in [-0.05, 0) is 99.2 Å². The smallest absolute Gasteiger partial charge is 0.0546 e. The molecule has 0 amide bonds. The fourth-order valence-electron chi connectivity index (χ4n) is 8.12. The van der Waals surface area contributed by atoms with Gasteiger partial charge in [0.1, 0.15) is 0 Å². The van der Waals surface area contributed by atoms with Crippen LogP contribution in [0.2, 0.25) is 0 Å². The van der Waals surface area contributed by atoms with Crippen LogP contribution >= 0.6 is 0 Å². The molecule has 0 aromatic carbocycles. The Bertz CT molecular complexity index is 508. The molecule has 24 heavy (non-hydrogen) atoms. The lowest BCUT2D eigenvalue weighted by Gasteiger charge is -2.64. The van der Waals surface area contributed by atoms with E-state index in [9.17, 15) is 10.2 Å². The number of hydrogen-bond donors (Lipinski definition) is 3. The summed E-state index contributed by atoms with van der Waals surface area (Å²) in [4.78, 5) is 0. The van der Waals surface area contributed by atoms with Crippen molar-refractivity contribution in [3.05, 3.63) is 0 Å². The highest BCUT2D eigenvalue weighted by Gasteiger charge is 2.66. The Morgan fingerprint density at radius 3 is 2.42 bits per heavy atom. The average molecular weight is 336 g/mol. The molecule has 1 unspecified atom stereocenters. The molecule has 0 heterocycles. The first-order chi connectivity index (χ1) is 11.2. The predicted octanol–water partition coefficient (Wildman–Crippen LogP) is 3.47. The maximum absolute atomic E-state index is 10.4. The third kappa shape index (κ3) is 2.07. The third-order valence-corrected chi connectivity index (χ3v) is 9.63. The molecule has 4 aliphatic carbocycles. The molecule has 4 rings (SSSR count). The molecule has 0 bridgehead atoms. The predicted molar refractivity (Wildman–Crippen MR) is 96.3 cm³/mol. The van der Waals surface area contributed by atoms with Gasteiger partial charge in [-0.25, -0.2) is 0 Å². The van der Waals surface area contributed by atoms with E-state index in [1.165, 1.54) is 32.1 Å². The van der Waals surface area contributed by atoms with Crippen LogP contribution in [0.25, 0.3) is 0 Å². The fraction of sp³-hybridized carbons (Fsp3) is 1.00. The van der Waals surface area contributed by atoms with Gasteiger partial charge in [0.25, 0.3) is 0 Å². The molecule has 4 saturated carbocycles. The second kappa shape index (κ2) is 5.44. The minimum absolute atomic E-state index is 0.0774. The topological polar surface area (TPSA) is 66.5 Å². The van der Waals surface area contributed by atoms with Crippen LogP contribution in [0.5, 0.6) is 0 Å². The molecule has 138 valence electrons. The fourth-order valence-corrected chi connectivity index (χ4v) is 8.12. The van der Waals surface area contributed by atoms with E-state index in [-0.39, 0.29) is 23.2 Å². The standard InChI is InChI=1S/C21H37NO2/c1-13(23)16-8-11-21(22)18-5-4-14-12-15(24)6-9-19(14,2)17(18)7-10-20(16,21)3/h13-18,23-24H,4-12,22H2,1-3H3/t13-,14+,15-,16+,17-,18+,19-,20+,21?/m0/s1. The van der Waals surface area contributed by atoms with Crippen LogP contribution in [0.15, 0.2) is 0 Å². The number of hydrogen-bond acceptors (Lipinski definition) is 3. The molecule has 0 radical (unpaired) electrons. The summed E-state index contributed by atoms with van der Waals surface area (Å²) in [6.07, 6.45) is 9.92. The number of nitrogens with two attached hydrogens (primary N) is 1. The zero-order valence-electron chi connectivity index (χ0n) is 15.8. The molecule has 4 fully saturated rings. The van der Waals surface area contributed by atoms with Crippen LogP contribution in [0, 0.1) is 34.5 Å². The first kappa shape index (κ1) is 17.3. The first-order valence-electron chi connectivity index (χ1n) is 10.4. The summed E-state index contributed by atoms with van der Waals surface area (Å²) in [5.41, 5.74) is 7.60. The van der Waals surface area contributed by atoms with E-state index < -0.39 is 0 Å². The second-order valence-electron chi connectivity index (χ2n) is 10.3. The quantitative estimate of drug-likeness (QED) is 0.687. The highest BCUT2D eigenvalue weighted by molar-refractivity contribution is 5.19. The van der Waals surface area contributed by atoms with E-state index >= 15 is 0 Å². The minimum atomic E-state index is -0.242. The molecule has 0 aliphatic heterocycles. The Morgan fingerprint density at radius 1 is 0.958 bits per heavy atom. The Hall–Kier alpha value is -0.120. The lowest BCUT2D eigenvalue weighted by Crippen LogP contribution is -2.66. The average Bonchev–Trinajstić information content (AvgIpc) is 2.80. The van der Waals surface area contributed by atoms with Crippen LogP contribution in [0.3, 0.4) is 0 Å². The highest BCUT2D eigenvalue weighted by Crippen LogP contribution is 2.68. The van der Waals surface area contributed by atoms with Crippen molar-refractivity contribution in [3.8, 4) is 0 Å². The van der Waals surface area contributed by atoms with Gasteiger partial charge in [-0.15, -0.1) is 0 Å². The van der Waals surface area contributed by atoms with Crippen LogP contribution in [-0.2, 0) is 0 Å². The summed E-state index contributed by atoms with van der Waals surface area (Å²) in [5, 5.41) is 20.5. The molecular formula is C21H37NO2. The molecule has 0 aromatic heterocycles. The van der Waals surface area contributed by atoms with Crippen molar-refractivity contribution in [2.75, 3.05) is 0 Å². The molecule has 0 saturated heterocycles. The SMILES string of the molecule is C[C@H](O)[C@H]1CCC2(N)[C@@H]3CC[C@@H]4C[C@@H](O)CC[C@]4(C)[C@H]3CC[C@]12C. The normalized spacial score (nSPS) is 58.5. The van der Waals surface area contributed by atoms with Gasteiger partial charge in [-0.3, -0.25) is 0 Å². The number of aliphatic hydroxyl groups excluding tert-OH is 2. The van der Waals surface area contributed by atoms with Gasteiger partial charge < -0.3 is 15.9 Å². The van der Waals surface area contributed by atoms with Crippen molar-refractivity contribution in [2.24, 2.45) is 40.2 Å². The first-order valence-corrected chi connectivity index (χ1v) is 10.4. The van der Waals surface area contributed by atoms with Crippen molar-refractivity contribution in [1.29, 1.82) is 0 Å². The Morgan fingerprint density at radius 2 is 1.71 bits per heavy atom. The van der Waals surface area contributed by atoms with E-state index in [4.69, 9.17) is 5.73 Å². The molecule has 4 aliphatic rings. The summed E-state index contributed by atoms with van der Waals surface area (Å²) in [5.74, 6) is 2.37. The summed E-state index contributed by atoms with van der Waals surface area (Å²) in [6.45, 7) is 6.86. The number of fused-ring (bicyclic) bond motifs is 5. The molecule has 9 atom stereocenters. The maximum atomic E-state index is 10.4. The van der Waals surface area contributed by atoms with E-state index in [0.29, 0.717) is 23.2 Å². The third-order valence-electron chi connectivity index (χ3n) is 9.63. The maximum Gasteiger partial charge on any atom is 0.0546 e. The van der Waals surface area contributed by atoms with Crippen molar-refractivity contribution < 1.29 is 10.2 Å². The van der Waals surface area contributed by atoms with Gasteiger partial charge in [0.15, 0.2) is 0 Å². The van der Waals surface area contributed by atoms with Crippen LogP contribution in [-0.4, -0.2) is 28.0 Å². The largest absolute Gasteiger partial charge is 0.393 e. The van der Waals surface area contributed by atoms with Gasteiger partial charge in [0.2, 0.25) is 0 Å². The van der Waals surface area contributed by atoms with Gasteiger partial charge >= 0.3 is 0 Å². The van der Waals surface area contributed by atoms with Gasteiger partial charge in [0, 0.05) is 5.54 Å².